The van der Waals surface area contributed by atoms with E-state index in [1.165, 1.54) is 30.2 Å². The molecule has 1 aromatic rings. The van der Waals surface area contributed by atoms with Gasteiger partial charge >= 0.3 is 12.4 Å². The number of halogens is 3. The Balaban J connectivity index is 1.58. The van der Waals surface area contributed by atoms with Crippen LogP contribution in [0.4, 0.5) is 18.0 Å². The molecule has 2 N–H and O–H groups in total. The summed E-state index contributed by atoms with van der Waals surface area (Å²) in [5.74, 6) is -0.884. The third-order valence-electron chi connectivity index (χ3n) is 6.36. The van der Waals surface area contributed by atoms with Crippen LogP contribution in [-0.4, -0.2) is 75.6 Å². The molecule has 3 aliphatic rings. The molecule has 4 rings (SSSR count). The Morgan fingerprint density at radius 3 is 2.49 bits per heavy atom. The number of nitrogens with two attached hydrogens (primary N) is 1. The molecule has 3 atom stereocenters. The first-order chi connectivity index (χ1) is 17.4. The second kappa shape index (κ2) is 10.3. The zero-order valence-electron chi connectivity index (χ0n) is 19.7. The minimum Gasteiger partial charge on any atom is -0.406 e. The van der Waals surface area contributed by atoms with Crippen molar-refractivity contribution in [2.45, 2.75) is 25.4 Å². The number of sulfonamides is 1. The number of aliphatic imine (C=N–C) groups is 1. The molecule has 3 aliphatic heterocycles. The van der Waals surface area contributed by atoms with Crippen LogP contribution in [0.15, 0.2) is 52.0 Å². The maximum Gasteiger partial charge on any atom is 0.573 e. The molecule has 14 heteroatoms. The first kappa shape index (κ1) is 26.8. The number of urea groups is 1. The monoisotopic (exact) mass is 542 g/mol. The quantitative estimate of drug-likeness (QED) is 0.562. The second-order valence-corrected chi connectivity index (χ2v) is 10.4. The summed E-state index contributed by atoms with van der Waals surface area (Å²) < 4.78 is 71.1. The van der Waals surface area contributed by atoms with Crippen molar-refractivity contribution in [3.63, 3.8) is 0 Å². The Morgan fingerprint density at radius 1 is 1.19 bits per heavy atom. The summed E-state index contributed by atoms with van der Waals surface area (Å²) in [5.41, 5.74) is 0.0874. The minimum absolute atomic E-state index is 0.0558. The fourth-order valence-electron chi connectivity index (χ4n) is 4.60. The Kier molecular flexibility index (Phi) is 7.44. The van der Waals surface area contributed by atoms with Gasteiger partial charge < -0.3 is 14.4 Å². The van der Waals surface area contributed by atoms with E-state index in [-0.39, 0.29) is 24.7 Å². The van der Waals surface area contributed by atoms with E-state index in [1.807, 2.05) is 0 Å². The van der Waals surface area contributed by atoms with Gasteiger partial charge in [0.15, 0.2) is 12.0 Å². The van der Waals surface area contributed by atoms with Gasteiger partial charge in [-0.05, 0) is 36.3 Å². The molecule has 37 heavy (non-hydrogen) atoms. The zero-order valence-corrected chi connectivity index (χ0v) is 20.5. The van der Waals surface area contributed by atoms with Gasteiger partial charge in [0.25, 0.3) is 0 Å². The number of carbonyl (C=O) groups is 2. The van der Waals surface area contributed by atoms with Crippen molar-refractivity contribution in [2.75, 3.05) is 26.7 Å². The number of hydrogen-bond donors (Lipinski definition) is 1. The lowest BCUT2D eigenvalue weighted by Gasteiger charge is -2.36. The third-order valence-corrected chi connectivity index (χ3v) is 7.30. The predicted octanol–water partition coefficient (Wildman–Crippen LogP) is 2.18. The van der Waals surface area contributed by atoms with Crippen molar-refractivity contribution in [1.29, 1.82) is 0 Å². The van der Waals surface area contributed by atoms with Crippen LogP contribution in [0.5, 0.6) is 5.75 Å². The minimum atomic E-state index is -4.84. The first-order valence-corrected chi connectivity index (χ1v) is 12.9. The van der Waals surface area contributed by atoms with Crippen LogP contribution in [0.1, 0.15) is 12.0 Å². The number of alkyl halides is 3. The summed E-state index contributed by atoms with van der Waals surface area (Å²) >= 11 is 0. The number of Topliss-reactive ketones (excluding diaryl/α,β-unsaturated/α-hetero) is 1. The van der Waals surface area contributed by atoms with Crippen LogP contribution >= 0.6 is 0 Å². The van der Waals surface area contributed by atoms with Gasteiger partial charge in [0, 0.05) is 51.2 Å². The molecule has 0 aromatic heterocycles. The average Bonchev–Trinajstić information content (AvgIpc) is 3.43. The van der Waals surface area contributed by atoms with Gasteiger partial charge in [-0.1, -0.05) is 12.1 Å². The highest BCUT2D eigenvalue weighted by atomic mass is 32.2. The fraction of sp³-hybridized carbons (Fsp3) is 0.435. The summed E-state index contributed by atoms with van der Waals surface area (Å²) in [7, 11) is -3.09. The number of nitrogens with zero attached hydrogens (tertiary/aromatic N) is 3. The number of ketones is 1. The van der Waals surface area contributed by atoms with Crippen LogP contribution in [0, 0.1) is 11.8 Å². The molecular formula is C23H25F3N4O6S. The molecule has 0 radical (unpaired) electrons. The van der Waals surface area contributed by atoms with E-state index in [0.29, 0.717) is 25.2 Å². The number of primary sulfonamides is 1. The van der Waals surface area contributed by atoms with Crippen LogP contribution < -0.4 is 9.88 Å². The maximum absolute atomic E-state index is 13.6. The Bertz CT molecular complexity index is 1260. The van der Waals surface area contributed by atoms with Gasteiger partial charge in [-0.3, -0.25) is 14.7 Å². The number of ether oxygens (including phenoxy) is 2. The number of benzene rings is 1. The molecule has 0 saturated carbocycles. The first-order valence-electron chi connectivity index (χ1n) is 11.3. The van der Waals surface area contributed by atoms with E-state index in [2.05, 4.69) is 9.73 Å². The highest BCUT2D eigenvalue weighted by Crippen LogP contribution is 2.32. The van der Waals surface area contributed by atoms with E-state index in [4.69, 9.17) is 9.88 Å². The summed E-state index contributed by atoms with van der Waals surface area (Å²) in [6.45, 7) is 1.33. The topological polar surface area (TPSA) is 132 Å². The number of likely N-dealkylation sites (tertiary alicyclic amines) is 1. The van der Waals surface area contributed by atoms with Crippen molar-refractivity contribution in [2.24, 2.45) is 22.0 Å². The van der Waals surface area contributed by atoms with Gasteiger partial charge in [-0.25, -0.2) is 18.4 Å². The van der Waals surface area contributed by atoms with Crippen molar-refractivity contribution < 1.29 is 40.7 Å². The standard InChI is InChI=1S/C23H25F3N4O6S/c1-35-20-9-8-19(37(27,33)34)21(30(20)22(32)29-12-15-10-28-11-16(15)13-29)18(31)7-4-14-2-5-17(6-3-14)36-23(24,25)26/h2-3,5-6,8-10,15-16,20H,4,7,11-13H2,1H3,(H2,27,33,34)/t15-,16-,20?/m1/s1. The summed E-state index contributed by atoms with van der Waals surface area (Å²) in [5, 5.41) is 5.39. The van der Waals surface area contributed by atoms with Gasteiger partial charge in [0.1, 0.15) is 16.4 Å². The summed E-state index contributed by atoms with van der Waals surface area (Å²) in [6.07, 6.45) is -1.83. The molecule has 1 aromatic carbocycles. The molecule has 2 amide bonds. The lowest BCUT2D eigenvalue weighted by molar-refractivity contribution is -0.274. The van der Waals surface area contributed by atoms with Crippen LogP contribution in [-0.2, 0) is 26.0 Å². The molecule has 3 heterocycles. The number of fused-ring (bicyclic) bond motifs is 1. The maximum atomic E-state index is 13.6. The number of rotatable bonds is 7. The molecule has 0 bridgehead atoms. The van der Waals surface area contributed by atoms with E-state index in [0.717, 1.165) is 23.1 Å². The average molecular weight is 543 g/mol. The zero-order chi connectivity index (χ0) is 27.0. The molecule has 200 valence electrons. The van der Waals surface area contributed by atoms with E-state index < -0.39 is 50.8 Å². The van der Waals surface area contributed by atoms with Gasteiger partial charge in [-0.2, -0.15) is 0 Å². The van der Waals surface area contributed by atoms with Crippen molar-refractivity contribution >= 4 is 28.1 Å². The van der Waals surface area contributed by atoms with Crippen LogP contribution in [0.3, 0.4) is 0 Å². The molecule has 1 saturated heterocycles. The largest absolute Gasteiger partial charge is 0.573 e. The smallest absolute Gasteiger partial charge is 0.406 e. The van der Waals surface area contributed by atoms with Crippen molar-refractivity contribution in [1.82, 2.24) is 9.80 Å². The highest BCUT2D eigenvalue weighted by molar-refractivity contribution is 7.93. The second-order valence-electron chi connectivity index (χ2n) is 8.85. The van der Waals surface area contributed by atoms with Gasteiger partial charge in [-0.15, -0.1) is 13.2 Å². The molecule has 0 aliphatic carbocycles. The van der Waals surface area contributed by atoms with Gasteiger partial charge in [0.2, 0.25) is 10.0 Å². The van der Waals surface area contributed by atoms with Crippen LogP contribution in [0.25, 0.3) is 0 Å². The molecule has 1 unspecified atom stereocenters. The van der Waals surface area contributed by atoms with Crippen LogP contribution in [0.2, 0.25) is 0 Å². The Morgan fingerprint density at radius 2 is 1.89 bits per heavy atom. The number of carbonyl (C=O) groups excluding carboxylic acids is 2. The highest BCUT2D eigenvalue weighted by Gasteiger charge is 2.43. The molecule has 1 fully saturated rings. The van der Waals surface area contributed by atoms with E-state index in [1.54, 1.807) is 6.21 Å². The van der Waals surface area contributed by atoms with Crippen molar-refractivity contribution in [3.8, 4) is 5.75 Å². The van der Waals surface area contributed by atoms with E-state index >= 15 is 0 Å². The Labute approximate surface area is 211 Å². The Hall–Kier alpha value is -3.23. The predicted molar refractivity (Wildman–Crippen MR) is 126 cm³/mol. The molecular weight excluding hydrogens is 517 g/mol. The van der Waals surface area contributed by atoms with Crippen molar-refractivity contribution in [3.05, 3.63) is 52.6 Å². The fourth-order valence-corrected chi connectivity index (χ4v) is 5.35. The number of methoxy groups -OCH3 is 1. The van der Waals surface area contributed by atoms with Gasteiger partial charge in [0.05, 0.1) is 0 Å². The number of allylic oxidation sites excluding steroid dienone is 2. The summed E-state index contributed by atoms with van der Waals surface area (Å²) in [6, 6.07) is 4.33. The number of amides is 2. The number of aryl methyl sites for hydroxylation is 1. The molecule has 10 nitrogen and oxygen atoms in total. The normalized spacial score (nSPS) is 23.5. The lowest BCUT2D eigenvalue weighted by atomic mass is 10.0. The van der Waals surface area contributed by atoms with E-state index in [9.17, 15) is 31.2 Å². The number of hydrogen-bond acceptors (Lipinski definition) is 7. The molecule has 0 spiro atoms. The summed E-state index contributed by atoms with van der Waals surface area (Å²) in [4.78, 5) is 33.2. The lowest BCUT2D eigenvalue weighted by Crippen LogP contribution is -2.50. The third kappa shape index (κ3) is 6.02. The SMILES string of the molecule is COC1C=CC(S(N)(=O)=O)=C(C(=O)CCc2ccc(OC(F)(F)F)cc2)N1C(=O)N1C[C@H]2CN=C[C@@H]2C1.